The van der Waals surface area contributed by atoms with Crippen LogP contribution in [-0.4, -0.2) is 40.7 Å². The summed E-state index contributed by atoms with van der Waals surface area (Å²) < 4.78 is 5.61. The first-order valence-corrected chi connectivity index (χ1v) is 8.97. The molecule has 138 valence electrons. The van der Waals surface area contributed by atoms with Gasteiger partial charge >= 0.3 is 0 Å². The van der Waals surface area contributed by atoms with Crippen LogP contribution in [0.4, 0.5) is 0 Å². The number of rotatable bonds is 8. The van der Waals surface area contributed by atoms with Gasteiger partial charge in [-0.3, -0.25) is 15.3 Å². The van der Waals surface area contributed by atoms with E-state index in [0.717, 1.165) is 6.42 Å². The molecular formula is C18H22ClN5OS. The van der Waals surface area contributed by atoms with Crippen LogP contribution in [0.1, 0.15) is 11.3 Å². The van der Waals surface area contributed by atoms with Gasteiger partial charge in [0.1, 0.15) is 0 Å². The molecule has 1 aromatic carbocycles. The highest BCUT2D eigenvalue weighted by Crippen LogP contribution is 2.14. The van der Waals surface area contributed by atoms with Gasteiger partial charge in [0.2, 0.25) is 0 Å². The van der Waals surface area contributed by atoms with E-state index in [0.29, 0.717) is 35.6 Å². The number of pyridine rings is 1. The Morgan fingerprint density at radius 3 is 2.69 bits per heavy atom. The van der Waals surface area contributed by atoms with Crippen LogP contribution < -0.4 is 11.1 Å². The van der Waals surface area contributed by atoms with Crippen molar-refractivity contribution < 1.29 is 4.74 Å². The Bertz CT molecular complexity index is 729. The van der Waals surface area contributed by atoms with Crippen molar-refractivity contribution in [1.29, 1.82) is 5.41 Å². The van der Waals surface area contributed by atoms with Crippen LogP contribution in [0.25, 0.3) is 0 Å². The molecule has 0 atom stereocenters. The molecule has 6 nitrogen and oxygen atoms in total. The van der Waals surface area contributed by atoms with Crippen molar-refractivity contribution >= 4 is 34.9 Å². The van der Waals surface area contributed by atoms with Gasteiger partial charge in [-0.1, -0.05) is 41.9 Å². The molecule has 0 radical (unpaired) electrons. The maximum absolute atomic E-state index is 7.72. The number of thiocarbonyl (C=S) groups is 1. The highest BCUT2D eigenvalue weighted by Gasteiger charge is 2.15. The van der Waals surface area contributed by atoms with Gasteiger partial charge in [0.15, 0.2) is 11.1 Å². The predicted molar refractivity (Wildman–Crippen MR) is 108 cm³/mol. The van der Waals surface area contributed by atoms with Crippen LogP contribution in [0.2, 0.25) is 5.02 Å². The van der Waals surface area contributed by atoms with Crippen molar-refractivity contribution in [1.82, 2.24) is 15.2 Å². The van der Waals surface area contributed by atoms with Crippen molar-refractivity contribution in [3.8, 4) is 0 Å². The molecule has 8 heteroatoms. The van der Waals surface area contributed by atoms with Gasteiger partial charge in [-0.05, 0) is 36.3 Å². The number of nitrogens with zero attached hydrogens (tertiary/aromatic N) is 2. The second kappa shape index (κ2) is 10.7. The van der Waals surface area contributed by atoms with Crippen LogP contribution in [0, 0.1) is 5.41 Å². The van der Waals surface area contributed by atoms with E-state index in [2.05, 4.69) is 22.4 Å². The van der Waals surface area contributed by atoms with Gasteiger partial charge in [0.25, 0.3) is 0 Å². The minimum absolute atomic E-state index is 0.172. The summed E-state index contributed by atoms with van der Waals surface area (Å²) >= 11 is 11.4. The average Bonchev–Trinajstić information content (AvgIpc) is 2.64. The van der Waals surface area contributed by atoms with E-state index in [-0.39, 0.29) is 12.5 Å². The van der Waals surface area contributed by atoms with Gasteiger partial charge in [-0.15, -0.1) is 0 Å². The number of ether oxygens (including phenoxy) is 1. The van der Waals surface area contributed by atoms with Gasteiger partial charge in [0.05, 0.1) is 30.5 Å². The first kappa shape index (κ1) is 20.1. The summed E-state index contributed by atoms with van der Waals surface area (Å²) in [5, 5.41) is 11.6. The molecule has 2 aromatic rings. The fourth-order valence-corrected chi connectivity index (χ4v) is 2.66. The Kier molecular flexibility index (Phi) is 8.27. The van der Waals surface area contributed by atoms with Gasteiger partial charge < -0.3 is 15.8 Å². The van der Waals surface area contributed by atoms with Crippen molar-refractivity contribution in [3.63, 3.8) is 0 Å². The molecule has 0 aliphatic rings. The van der Waals surface area contributed by atoms with E-state index in [1.807, 2.05) is 18.2 Å². The summed E-state index contributed by atoms with van der Waals surface area (Å²) in [6.45, 7) is 1.89. The fourth-order valence-electron chi connectivity index (χ4n) is 2.21. The summed E-state index contributed by atoms with van der Waals surface area (Å²) in [7, 11) is 0. The highest BCUT2D eigenvalue weighted by atomic mass is 35.5. The van der Waals surface area contributed by atoms with Gasteiger partial charge in [-0.25, -0.2) is 0 Å². The van der Waals surface area contributed by atoms with Crippen LogP contribution in [0.5, 0.6) is 0 Å². The number of hydrogen-bond acceptors (Lipinski definition) is 4. The quantitative estimate of drug-likeness (QED) is 0.277. The topological polar surface area (TPSA) is 87.3 Å². The fraction of sp³-hybridized carbons (Fsp3) is 0.278. The Labute approximate surface area is 163 Å². The third kappa shape index (κ3) is 6.59. The Balaban J connectivity index is 1.72. The minimum Gasteiger partial charge on any atom is -0.379 e. The summed E-state index contributed by atoms with van der Waals surface area (Å²) in [5.41, 5.74) is 7.48. The summed E-state index contributed by atoms with van der Waals surface area (Å²) in [5.74, 6) is -0.172. The predicted octanol–water partition coefficient (Wildman–Crippen LogP) is 2.56. The van der Waals surface area contributed by atoms with Crippen LogP contribution in [0.15, 0.2) is 48.7 Å². The van der Waals surface area contributed by atoms with E-state index in [1.165, 1.54) is 10.5 Å². The molecule has 0 unspecified atom stereocenters. The molecule has 1 aromatic heterocycles. The molecule has 0 spiro atoms. The molecule has 0 amide bonds. The number of hydrogen-bond donors (Lipinski definition) is 3. The van der Waals surface area contributed by atoms with E-state index in [4.69, 9.17) is 39.7 Å². The third-order valence-corrected chi connectivity index (χ3v) is 4.29. The molecule has 26 heavy (non-hydrogen) atoms. The lowest BCUT2D eigenvalue weighted by Crippen LogP contribution is -2.47. The highest BCUT2D eigenvalue weighted by molar-refractivity contribution is 7.80. The lowest BCUT2D eigenvalue weighted by Gasteiger charge is -2.24. The Hall–Kier alpha value is -2.22. The number of nitrogens with two attached hydrogens (primary N) is 1. The number of benzene rings is 1. The standard InChI is InChI=1S/C18H22ClN5OS/c19-15-7-4-9-22-16(15)13-24(17(20)21)18(26)23-10-12-25-11-8-14-5-2-1-3-6-14/h1-7,9H,8,10-13H2,(H3,20,21)(H,23,26). The second-order valence-electron chi connectivity index (χ2n) is 5.48. The van der Waals surface area contributed by atoms with Crippen molar-refractivity contribution in [3.05, 3.63) is 64.9 Å². The molecular weight excluding hydrogens is 370 g/mol. The van der Waals surface area contributed by atoms with Crippen molar-refractivity contribution in [2.75, 3.05) is 19.8 Å². The molecule has 0 saturated carbocycles. The number of guanidine groups is 1. The summed E-state index contributed by atoms with van der Waals surface area (Å²) in [6.07, 6.45) is 2.50. The average molecular weight is 392 g/mol. The maximum atomic E-state index is 7.72. The lowest BCUT2D eigenvalue weighted by atomic mass is 10.2. The van der Waals surface area contributed by atoms with Crippen LogP contribution >= 0.6 is 23.8 Å². The van der Waals surface area contributed by atoms with E-state index >= 15 is 0 Å². The number of nitrogens with one attached hydrogen (secondary N) is 2. The Morgan fingerprint density at radius 1 is 1.23 bits per heavy atom. The maximum Gasteiger partial charge on any atom is 0.195 e. The van der Waals surface area contributed by atoms with Crippen molar-refractivity contribution in [2.45, 2.75) is 13.0 Å². The molecule has 2 rings (SSSR count). The zero-order valence-electron chi connectivity index (χ0n) is 14.3. The molecule has 4 N–H and O–H groups in total. The number of aromatic nitrogens is 1. The SMILES string of the molecule is N=C(N)N(Cc1ncccc1Cl)C(=S)NCCOCCc1ccccc1. The largest absolute Gasteiger partial charge is 0.379 e. The summed E-state index contributed by atoms with van der Waals surface area (Å²) in [6, 6.07) is 13.6. The lowest BCUT2D eigenvalue weighted by molar-refractivity contribution is 0.141. The number of halogens is 1. The zero-order valence-corrected chi connectivity index (χ0v) is 15.9. The van der Waals surface area contributed by atoms with Crippen LogP contribution in [0.3, 0.4) is 0 Å². The van der Waals surface area contributed by atoms with Crippen molar-refractivity contribution in [2.24, 2.45) is 5.73 Å². The second-order valence-corrected chi connectivity index (χ2v) is 6.28. The Morgan fingerprint density at radius 2 is 2.00 bits per heavy atom. The molecule has 0 bridgehead atoms. The molecule has 0 saturated heterocycles. The van der Waals surface area contributed by atoms with E-state index < -0.39 is 0 Å². The minimum atomic E-state index is -0.172. The normalized spacial score (nSPS) is 10.3. The monoisotopic (exact) mass is 391 g/mol. The first-order valence-electron chi connectivity index (χ1n) is 8.18. The van der Waals surface area contributed by atoms with Crippen LogP contribution in [-0.2, 0) is 17.7 Å². The molecule has 0 aliphatic carbocycles. The summed E-state index contributed by atoms with van der Waals surface area (Å²) in [4.78, 5) is 5.63. The van der Waals surface area contributed by atoms with E-state index in [1.54, 1.807) is 18.3 Å². The van der Waals surface area contributed by atoms with Gasteiger partial charge in [0, 0.05) is 12.7 Å². The van der Waals surface area contributed by atoms with Gasteiger partial charge in [-0.2, -0.15) is 0 Å². The molecule has 1 heterocycles. The smallest absolute Gasteiger partial charge is 0.195 e. The third-order valence-electron chi connectivity index (χ3n) is 3.58. The molecule has 0 aliphatic heterocycles. The first-order chi connectivity index (χ1) is 12.6. The zero-order chi connectivity index (χ0) is 18.8. The van der Waals surface area contributed by atoms with E-state index in [9.17, 15) is 0 Å². The molecule has 0 fully saturated rings.